The van der Waals surface area contributed by atoms with Crippen molar-refractivity contribution in [1.29, 1.82) is 0 Å². The average Bonchev–Trinajstić information content (AvgIpc) is 0.806. The Morgan fingerprint density at radius 3 is 1.15 bits per heavy atom. The predicted molar refractivity (Wildman–Crippen MR) is 396 cm³/mol. The van der Waals surface area contributed by atoms with Crippen LogP contribution in [0.4, 0.5) is 0 Å². The minimum atomic E-state index is -1.81. The summed E-state index contributed by atoms with van der Waals surface area (Å²) in [5, 5.41) is 87.4. The van der Waals surface area contributed by atoms with Crippen molar-refractivity contribution < 1.29 is 64.6 Å². The quantitative estimate of drug-likeness (QED) is 0.0204. The zero-order chi connectivity index (χ0) is 69.4. The fraction of sp³-hybridized carbons (Fsp3) is 0.622. The Bertz CT molecular complexity index is 2320. The number of amides is 1. The van der Waals surface area contributed by atoms with E-state index in [0.717, 1.165) is 116 Å². The first kappa shape index (κ1) is 87.2. The molecule has 2 rings (SSSR count). The van der Waals surface area contributed by atoms with E-state index in [9.17, 15) is 45.6 Å². The third-order valence-corrected chi connectivity index (χ3v) is 16.6. The number of unbranched alkanes of at least 4 members (excludes halogenated alkanes) is 17. The van der Waals surface area contributed by atoms with Crippen LogP contribution in [0.15, 0.2) is 182 Å². The molecule has 0 saturated carbocycles. The van der Waals surface area contributed by atoms with E-state index in [1.807, 2.05) is 6.08 Å². The molecule has 2 saturated heterocycles. The average molecular weight is 1340 g/mol. The number of carbonyl (C=O) groups is 1. The first-order valence-electron chi connectivity index (χ1n) is 37.0. The zero-order valence-electron chi connectivity index (χ0n) is 59.0. The van der Waals surface area contributed by atoms with Crippen LogP contribution in [0.3, 0.4) is 0 Å². The molecule has 2 aliphatic heterocycles. The highest BCUT2D eigenvalue weighted by Gasteiger charge is 2.51. The molecule has 96 heavy (non-hydrogen) atoms. The molecule has 2 aliphatic rings. The summed E-state index contributed by atoms with van der Waals surface area (Å²) in [7, 11) is 0. The molecule has 2 heterocycles. The van der Waals surface area contributed by atoms with Gasteiger partial charge in [-0.15, -0.1) is 0 Å². The molecule has 9 N–H and O–H groups in total. The number of hydrogen-bond acceptors (Lipinski definition) is 13. The van der Waals surface area contributed by atoms with Crippen LogP contribution >= 0.6 is 0 Å². The van der Waals surface area contributed by atoms with Gasteiger partial charge in [0.1, 0.15) is 48.8 Å². The Morgan fingerprint density at radius 1 is 0.385 bits per heavy atom. The van der Waals surface area contributed by atoms with Crippen molar-refractivity contribution in [2.45, 2.75) is 306 Å². The topological polar surface area (TPSA) is 228 Å². The van der Waals surface area contributed by atoms with Gasteiger partial charge in [0.05, 0.1) is 32.0 Å². The van der Waals surface area contributed by atoms with Crippen molar-refractivity contribution in [3.63, 3.8) is 0 Å². The Balaban J connectivity index is 1.71. The van der Waals surface area contributed by atoms with E-state index >= 15 is 0 Å². The van der Waals surface area contributed by atoms with E-state index in [1.54, 1.807) is 6.08 Å². The number of nitrogens with one attached hydrogen (secondary N) is 1. The van der Waals surface area contributed by atoms with E-state index in [4.69, 9.17) is 18.9 Å². The molecule has 14 heteroatoms. The van der Waals surface area contributed by atoms with Crippen LogP contribution in [0.1, 0.15) is 232 Å². The molecule has 12 unspecified atom stereocenters. The Hall–Kier alpha value is -4.91. The standard InChI is InChI=1S/C82H131NO13/c1-3-5-7-9-11-13-15-17-19-21-23-25-27-28-29-30-31-32-33-34-35-36-37-38-39-40-41-42-44-46-48-50-52-54-56-58-60-62-64-66-74(87)83-70(69-93-81-79(92)77(90)80(73(68-85)95-81)96-82-78(91)76(89)75(88)72(67-84)94-82)71(86)65-63-61-59-57-55-53-51-49-47-45-43-26-24-22-20-18-16-14-12-10-8-6-4-2/h5,7,11,13,17,19,23,25,28-29,31-32,34-35,37-38,40-41,44,46-47,49-50,52,55-58,63,65,70-73,75-82,84-86,88-92H,3-4,6,8-10,12,14-16,18,20-22,24,26-27,30,33,36,39,42-43,45,48,51,53-54,59-62,64,66-69H2,1-2H3,(H,83,87)/b7-5-,13-11-,19-17-,25-23-,29-28-,32-31-,35-34-,38-37-,41-40-,46-44-,49-47+,52-50-,57-55+,58-56-,65-63+. The van der Waals surface area contributed by atoms with Gasteiger partial charge in [-0.1, -0.05) is 273 Å². The number of ether oxygens (including phenoxy) is 4. The van der Waals surface area contributed by atoms with Gasteiger partial charge in [-0.05, 0) is 135 Å². The molecule has 12 atom stereocenters. The summed E-state index contributed by atoms with van der Waals surface area (Å²) in [6.07, 6.45) is 83.8. The van der Waals surface area contributed by atoms with Gasteiger partial charge < -0.3 is 65.1 Å². The van der Waals surface area contributed by atoms with Crippen LogP contribution in [0.5, 0.6) is 0 Å². The molecule has 0 aromatic heterocycles. The van der Waals surface area contributed by atoms with Crippen LogP contribution in [0, 0.1) is 0 Å². The second-order valence-corrected chi connectivity index (χ2v) is 25.0. The molecular formula is C82H131NO13. The maximum absolute atomic E-state index is 13.3. The molecule has 0 bridgehead atoms. The molecular weight excluding hydrogens is 1210 g/mol. The normalized spacial score (nSPS) is 23.4. The van der Waals surface area contributed by atoms with Crippen LogP contribution in [-0.4, -0.2) is 140 Å². The summed E-state index contributed by atoms with van der Waals surface area (Å²) in [4.78, 5) is 13.3. The summed E-state index contributed by atoms with van der Waals surface area (Å²) in [6, 6.07) is -0.977. The molecule has 2 fully saturated rings. The molecule has 542 valence electrons. The SMILES string of the molecule is CC/C=C\C/C=C\C/C=C\C/C=C\C/C=C\C/C=C\C/C=C\C/C=C\C/C=C\C/C=C\C/C=C\C/C=C\CCCCC(=O)NC(COC1OC(CO)C(OC2OC(CO)C(O)C(O)C2O)C(O)C1O)C(O)/C=C/CC/C=C/CC/C=C/CCCCCCCCCCCCCCC. The Morgan fingerprint density at radius 2 is 0.729 bits per heavy atom. The molecule has 14 nitrogen and oxygen atoms in total. The van der Waals surface area contributed by atoms with Crippen LogP contribution in [0.2, 0.25) is 0 Å². The van der Waals surface area contributed by atoms with Crippen molar-refractivity contribution in [3.05, 3.63) is 182 Å². The van der Waals surface area contributed by atoms with E-state index in [0.29, 0.717) is 12.8 Å². The number of carbonyl (C=O) groups excluding carboxylic acids is 1. The fourth-order valence-corrected chi connectivity index (χ4v) is 10.7. The summed E-state index contributed by atoms with van der Waals surface area (Å²) in [5.41, 5.74) is 0. The van der Waals surface area contributed by atoms with Gasteiger partial charge in [0.25, 0.3) is 0 Å². The first-order valence-corrected chi connectivity index (χ1v) is 37.0. The van der Waals surface area contributed by atoms with Crippen molar-refractivity contribution in [2.24, 2.45) is 0 Å². The van der Waals surface area contributed by atoms with Crippen LogP contribution < -0.4 is 5.32 Å². The molecule has 0 aromatic carbocycles. The third-order valence-electron chi connectivity index (χ3n) is 16.6. The van der Waals surface area contributed by atoms with Crippen molar-refractivity contribution in [1.82, 2.24) is 5.32 Å². The second-order valence-electron chi connectivity index (χ2n) is 25.0. The van der Waals surface area contributed by atoms with Crippen LogP contribution in [0.25, 0.3) is 0 Å². The van der Waals surface area contributed by atoms with Gasteiger partial charge in [-0.3, -0.25) is 4.79 Å². The summed E-state index contributed by atoms with van der Waals surface area (Å²) in [5.74, 6) is -0.302. The van der Waals surface area contributed by atoms with Crippen molar-refractivity contribution >= 4 is 5.91 Å². The van der Waals surface area contributed by atoms with Crippen molar-refractivity contribution in [3.8, 4) is 0 Å². The highest BCUT2D eigenvalue weighted by Crippen LogP contribution is 2.30. The van der Waals surface area contributed by atoms with E-state index in [2.05, 4.69) is 189 Å². The second kappa shape index (κ2) is 63.5. The van der Waals surface area contributed by atoms with Gasteiger partial charge in [0.15, 0.2) is 12.6 Å². The number of allylic oxidation sites excluding steroid dienone is 29. The predicted octanol–water partition coefficient (Wildman–Crippen LogP) is 16.1. The molecule has 0 spiro atoms. The van der Waals surface area contributed by atoms with Crippen molar-refractivity contribution in [2.75, 3.05) is 19.8 Å². The lowest BCUT2D eigenvalue weighted by molar-refractivity contribution is -0.359. The summed E-state index contributed by atoms with van der Waals surface area (Å²) < 4.78 is 22.8. The highest BCUT2D eigenvalue weighted by molar-refractivity contribution is 5.76. The maximum atomic E-state index is 13.3. The minimum absolute atomic E-state index is 0.202. The van der Waals surface area contributed by atoms with Gasteiger partial charge in [0.2, 0.25) is 5.91 Å². The largest absolute Gasteiger partial charge is 0.394 e. The van der Waals surface area contributed by atoms with Gasteiger partial charge in [0, 0.05) is 6.42 Å². The first-order chi connectivity index (χ1) is 47.1. The molecule has 0 aliphatic carbocycles. The van der Waals surface area contributed by atoms with E-state index < -0.39 is 86.8 Å². The number of aliphatic hydroxyl groups excluding tert-OH is 8. The monoisotopic (exact) mass is 1340 g/mol. The van der Waals surface area contributed by atoms with Gasteiger partial charge in [-0.2, -0.15) is 0 Å². The van der Waals surface area contributed by atoms with Crippen LogP contribution in [-0.2, 0) is 23.7 Å². The molecule has 0 aromatic rings. The Labute approximate surface area is 580 Å². The number of rotatable bonds is 58. The lowest BCUT2D eigenvalue weighted by Crippen LogP contribution is -2.65. The molecule has 0 radical (unpaired) electrons. The smallest absolute Gasteiger partial charge is 0.220 e. The Kier molecular flexibility index (Phi) is 57.7. The lowest BCUT2D eigenvalue weighted by atomic mass is 9.97. The number of hydrogen-bond donors (Lipinski definition) is 9. The third kappa shape index (κ3) is 46.4. The summed E-state index contributed by atoms with van der Waals surface area (Å²) >= 11 is 0. The highest BCUT2D eigenvalue weighted by atomic mass is 16.7. The zero-order valence-corrected chi connectivity index (χ0v) is 59.0. The van der Waals surface area contributed by atoms with E-state index in [-0.39, 0.29) is 18.9 Å². The van der Waals surface area contributed by atoms with E-state index in [1.165, 1.54) is 83.5 Å². The molecule has 1 amide bonds. The summed E-state index contributed by atoms with van der Waals surface area (Å²) in [6.45, 7) is 2.63. The fourth-order valence-electron chi connectivity index (χ4n) is 10.7. The minimum Gasteiger partial charge on any atom is -0.394 e. The van der Waals surface area contributed by atoms with Gasteiger partial charge in [-0.25, -0.2) is 0 Å². The lowest BCUT2D eigenvalue weighted by Gasteiger charge is -2.46. The maximum Gasteiger partial charge on any atom is 0.220 e. The van der Waals surface area contributed by atoms with Gasteiger partial charge >= 0.3 is 0 Å². The number of aliphatic hydroxyl groups is 8.